The molecule has 7 heteroatoms. The molecule has 7 nitrogen and oxygen atoms in total. The van der Waals surface area contributed by atoms with Crippen LogP contribution in [0.5, 0.6) is 0 Å². The van der Waals surface area contributed by atoms with E-state index in [1.54, 1.807) is 36.4 Å². The highest BCUT2D eigenvalue weighted by Gasteiger charge is 2.27. The summed E-state index contributed by atoms with van der Waals surface area (Å²) in [6.45, 7) is 2.68. The van der Waals surface area contributed by atoms with Crippen molar-refractivity contribution < 1.29 is 33.4 Å². The average molecular weight is 470 g/mol. The van der Waals surface area contributed by atoms with E-state index >= 15 is 0 Å². The van der Waals surface area contributed by atoms with Crippen molar-refractivity contribution in [1.82, 2.24) is 0 Å². The second-order valence-electron chi connectivity index (χ2n) is 7.96. The predicted molar refractivity (Wildman–Crippen MR) is 129 cm³/mol. The fourth-order valence-electron chi connectivity index (χ4n) is 3.52. The van der Waals surface area contributed by atoms with E-state index in [1.165, 1.54) is 13.8 Å². The SMILES string of the molecule is CC(OC(C)C(=O)OC(=O)c1ccc2ccccc2c1)C(=O)OC(=O)c1ccc2ccccc2c1. The van der Waals surface area contributed by atoms with Gasteiger partial charge in [0.2, 0.25) is 0 Å². The van der Waals surface area contributed by atoms with Gasteiger partial charge in [0.25, 0.3) is 0 Å². The highest BCUT2D eigenvalue weighted by Crippen LogP contribution is 2.18. The number of hydrogen-bond donors (Lipinski definition) is 0. The summed E-state index contributed by atoms with van der Waals surface area (Å²) < 4.78 is 15.1. The third-order valence-corrected chi connectivity index (χ3v) is 5.43. The molecule has 4 aromatic carbocycles. The molecule has 0 aromatic heterocycles. The number of ether oxygens (including phenoxy) is 3. The van der Waals surface area contributed by atoms with Gasteiger partial charge < -0.3 is 14.2 Å². The van der Waals surface area contributed by atoms with Gasteiger partial charge in [0.15, 0.2) is 12.2 Å². The maximum atomic E-state index is 12.4. The van der Waals surface area contributed by atoms with Crippen molar-refractivity contribution >= 4 is 45.4 Å². The third-order valence-electron chi connectivity index (χ3n) is 5.43. The molecule has 2 unspecified atom stereocenters. The zero-order valence-electron chi connectivity index (χ0n) is 19.1. The van der Waals surface area contributed by atoms with Crippen LogP contribution >= 0.6 is 0 Å². The highest BCUT2D eigenvalue weighted by molar-refractivity contribution is 6.02. The number of rotatable bonds is 6. The first kappa shape index (κ1) is 23.8. The fraction of sp³-hybridized carbons (Fsp3) is 0.143. The van der Waals surface area contributed by atoms with Crippen LogP contribution in [0.15, 0.2) is 84.9 Å². The zero-order chi connectivity index (χ0) is 24.9. The molecular weight excluding hydrogens is 448 g/mol. The molecule has 0 heterocycles. The Kier molecular flexibility index (Phi) is 6.98. The first-order valence-electron chi connectivity index (χ1n) is 11.0. The van der Waals surface area contributed by atoms with Crippen LogP contribution in [0.1, 0.15) is 34.6 Å². The molecule has 0 spiro atoms. The molecular formula is C28H22O7. The smallest absolute Gasteiger partial charge is 0.345 e. The summed E-state index contributed by atoms with van der Waals surface area (Å²) in [5, 5.41) is 3.53. The fourth-order valence-corrected chi connectivity index (χ4v) is 3.52. The van der Waals surface area contributed by atoms with E-state index < -0.39 is 36.1 Å². The number of benzene rings is 4. The van der Waals surface area contributed by atoms with Crippen LogP contribution in [0.2, 0.25) is 0 Å². The summed E-state index contributed by atoms with van der Waals surface area (Å²) in [5.41, 5.74) is 0.412. The van der Waals surface area contributed by atoms with Gasteiger partial charge in [-0.1, -0.05) is 60.7 Å². The van der Waals surface area contributed by atoms with Gasteiger partial charge in [-0.05, 0) is 59.7 Å². The van der Waals surface area contributed by atoms with Crippen LogP contribution in [-0.2, 0) is 23.8 Å². The van der Waals surface area contributed by atoms with Gasteiger partial charge in [0.05, 0.1) is 11.1 Å². The van der Waals surface area contributed by atoms with Gasteiger partial charge in [-0.15, -0.1) is 0 Å². The van der Waals surface area contributed by atoms with E-state index in [0.717, 1.165) is 21.5 Å². The van der Waals surface area contributed by atoms with Crippen molar-refractivity contribution in [3.63, 3.8) is 0 Å². The Balaban J connectivity index is 1.32. The minimum Gasteiger partial charge on any atom is -0.387 e. The van der Waals surface area contributed by atoms with Gasteiger partial charge in [-0.25, -0.2) is 19.2 Å². The molecule has 0 aliphatic heterocycles. The Morgan fingerprint density at radius 3 is 1.31 bits per heavy atom. The molecule has 0 amide bonds. The summed E-state index contributed by atoms with van der Waals surface area (Å²) in [5.74, 6) is -3.61. The number of carbonyl (C=O) groups is 4. The van der Waals surface area contributed by atoms with Crippen molar-refractivity contribution in [2.24, 2.45) is 0 Å². The average Bonchev–Trinajstić information content (AvgIpc) is 2.87. The van der Waals surface area contributed by atoms with Crippen molar-refractivity contribution in [1.29, 1.82) is 0 Å². The minimum atomic E-state index is -1.25. The predicted octanol–water partition coefficient (Wildman–Crippen LogP) is 4.85. The largest absolute Gasteiger partial charge is 0.387 e. The zero-order valence-corrected chi connectivity index (χ0v) is 19.1. The number of fused-ring (bicyclic) bond motifs is 2. The van der Waals surface area contributed by atoms with Crippen LogP contribution in [0.25, 0.3) is 21.5 Å². The van der Waals surface area contributed by atoms with E-state index in [9.17, 15) is 19.2 Å². The van der Waals surface area contributed by atoms with Crippen molar-refractivity contribution in [2.45, 2.75) is 26.1 Å². The van der Waals surface area contributed by atoms with Gasteiger partial charge in [-0.3, -0.25) is 0 Å². The van der Waals surface area contributed by atoms with E-state index in [1.807, 2.05) is 48.5 Å². The Bertz CT molecular complexity index is 1330. The van der Waals surface area contributed by atoms with E-state index in [0.29, 0.717) is 0 Å². The topological polar surface area (TPSA) is 96.0 Å². The maximum absolute atomic E-state index is 12.4. The van der Waals surface area contributed by atoms with Crippen molar-refractivity contribution in [3.8, 4) is 0 Å². The molecule has 2 atom stereocenters. The number of hydrogen-bond acceptors (Lipinski definition) is 7. The second-order valence-corrected chi connectivity index (χ2v) is 7.96. The molecule has 0 bridgehead atoms. The molecule has 0 aliphatic carbocycles. The van der Waals surface area contributed by atoms with Crippen LogP contribution in [0.4, 0.5) is 0 Å². The van der Waals surface area contributed by atoms with Gasteiger partial charge in [-0.2, -0.15) is 0 Å². The summed E-state index contributed by atoms with van der Waals surface area (Å²) in [6, 6.07) is 24.8. The summed E-state index contributed by atoms with van der Waals surface area (Å²) in [7, 11) is 0. The normalized spacial score (nSPS) is 12.6. The van der Waals surface area contributed by atoms with Crippen LogP contribution < -0.4 is 0 Å². The molecule has 0 saturated carbocycles. The lowest BCUT2D eigenvalue weighted by Crippen LogP contribution is -2.34. The van der Waals surface area contributed by atoms with Crippen LogP contribution in [0.3, 0.4) is 0 Å². The number of carbonyl (C=O) groups excluding carboxylic acids is 4. The first-order chi connectivity index (χ1) is 16.8. The molecule has 0 aliphatic rings. The Hall–Kier alpha value is -4.36. The molecule has 176 valence electrons. The van der Waals surface area contributed by atoms with Crippen molar-refractivity contribution in [3.05, 3.63) is 96.1 Å². The number of esters is 4. The first-order valence-corrected chi connectivity index (χ1v) is 11.0. The molecule has 0 N–H and O–H groups in total. The summed E-state index contributed by atoms with van der Waals surface area (Å²) in [6.07, 6.45) is -2.50. The van der Waals surface area contributed by atoms with E-state index in [-0.39, 0.29) is 11.1 Å². The molecule has 0 saturated heterocycles. The van der Waals surface area contributed by atoms with E-state index in [2.05, 4.69) is 0 Å². The van der Waals surface area contributed by atoms with Crippen LogP contribution in [0, 0.1) is 0 Å². The quantitative estimate of drug-likeness (QED) is 0.293. The second kappa shape index (κ2) is 10.3. The summed E-state index contributed by atoms with van der Waals surface area (Å²) in [4.78, 5) is 49.4. The molecule has 0 radical (unpaired) electrons. The maximum Gasteiger partial charge on any atom is 0.345 e. The molecule has 0 fully saturated rings. The third kappa shape index (κ3) is 5.59. The Morgan fingerprint density at radius 2 is 0.914 bits per heavy atom. The Labute approximate surface area is 201 Å². The molecule has 4 aromatic rings. The van der Waals surface area contributed by atoms with E-state index in [4.69, 9.17) is 14.2 Å². The highest BCUT2D eigenvalue weighted by atomic mass is 16.6. The van der Waals surface area contributed by atoms with Gasteiger partial charge in [0, 0.05) is 0 Å². The monoisotopic (exact) mass is 470 g/mol. The van der Waals surface area contributed by atoms with Gasteiger partial charge in [0.1, 0.15) is 0 Å². The Morgan fingerprint density at radius 1 is 0.543 bits per heavy atom. The lowest BCUT2D eigenvalue weighted by Gasteiger charge is -2.16. The minimum absolute atomic E-state index is 0.206. The van der Waals surface area contributed by atoms with Crippen LogP contribution in [-0.4, -0.2) is 36.1 Å². The van der Waals surface area contributed by atoms with Crippen molar-refractivity contribution in [2.75, 3.05) is 0 Å². The molecule has 35 heavy (non-hydrogen) atoms. The van der Waals surface area contributed by atoms with Gasteiger partial charge >= 0.3 is 23.9 Å². The standard InChI is InChI=1S/C28H22O7/c1-17(25(29)34-27(31)23-13-11-19-7-3-5-9-21(19)15-23)33-18(2)26(30)35-28(32)24-14-12-20-8-4-6-10-22(20)16-24/h3-18H,1-2H3. The lowest BCUT2D eigenvalue weighted by atomic mass is 10.1. The molecule has 4 rings (SSSR count). The lowest BCUT2D eigenvalue weighted by molar-refractivity contribution is -0.163. The summed E-state index contributed by atoms with van der Waals surface area (Å²) >= 11 is 0.